The molecule has 0 unspecified atom stereocenters. The third kappa shape index (κ3) is 14.9. The Morgan fingerprint density at radius 2 is 1.48 bits per heavy atom. The molecular weight excluding hydrogens is 408 g/mol. The molecule has 0 aromatic carbocycles. The number of nitrogens with zero attached hydrogens (tertiary/aromatic N) is 2. The monoisotopic (exact) mass is 463 g/mol. The summed E-state index contributed by atoms with van der Waals surface area (Å²) in [6.45, 7) is 6.07. The highest BCUT2D eigenvalue weighted by atomic mass is 16.5. The molecule has 0 amide bonds. The zero-order valence-corrected chi connectivity index (χ0v) is 22.2. The van der Waals surface area contributed by atoms with Crippen molar-refractivity contribution in [3.05, 3.63) is 18.7 Å². The fourth-order valence-electron chi connectivity index (χ4n) is 5.07. The molecule has 2 atom stereocenters. The molecule has 0 saturated carbocycles. The van der Waals surface area contributed by atoms with Crippen molar-refractivity contribution in [2.45, 2.75) is 135 Å². The number of ether oxygens (including phenoxy) is 2. The van der Waals surface area contributed by atoms with Crippen molar-refractivity contribution in [1.29, 1.82) is 0 Å². The fraction of sp³-hybridized carbons (Fsp3) is 0.897. The van der Waals surface area contributed by atoms with Gasteiger partial charge in [-0.1, -0.05) is 90.4 Å². The minimum absolute atomic E-state index is 0.349. The summed E-state index contributed by atoms with van der Waals surface area (Å²) in [5.41, 5.74) is 0. The van der Waals surface area contributed by atoms with Crippen LogP contribution in [-0.2, 0) is 23.1 Å². The molecule has 1 aromatic rings. The standard InChI is InChI=1S/C29H55N2O2/c1-3-4-5-6-7-8-9-10-11-12-13-16-19-28-24-29(33-25-28)26-32-23-18-15-14-17-20-31-22-21-30(2)27-31/h21-22,27-29H,3-20,23-26H2,1-2H3/q+1/t28-,29+/m0/s1. The van der Waals surface area contributed by atoms with Crippen LogP contribution < -0.4 is 4.57 Å². The highest BCUT2D eigenvalue weighted by Crippen LogP contribution is 2.25. The van der Waals surface area contributed by atoms with E-state index in [1.54, 1.807) is 0 Å². The lowest BCUT2D eigenvalue weighted by atomic mass is 9.97. The van der Waals surface area contributed by atoms with E-state index in [0.717, 1.165) is 32.3 Å². The third-order valence-corrected chi connectivity index (χ3v) is 7.21. The molecule has 0 N–H and O–H groups in total. The Morgan fingerprint density at radius 1 is 0.848 bits per heavy atom. The molecule has 0 spiro atoms. The molecule has 2 heterocycles. The topological polar surface area (TPSA) is 27.3 Å². The molecule has 4 nitrogen and oxygen atoms in total. The van der Waals surface area contributed by atoms with Crippen LogP contribution in [0.3, 0.4) is 0 Å². The largest absolute Gasteiger partial charge is 0.379 e. The summed E-state index contributed by atoms with van der Waals surface area (Å²) < 4.78 is 16.3. The van der Waals surface area contributed by atoms with Crippen molar-refractivity contribution in [3.63, 3.8) is 0 Å². The quantitative estimate of drug-likeness (QED) is 0.132. The molecule has 1 aliphatic rings. The van der Waals surface area contributed by atoms with Crippen LogP contribution in [0.1, 0.15) is 122 Å². The second-order valence-electron chi connectivity index (χ2n) is 10.5. The van der Waals surface area contributed by atoms with E-state index in [1.807, 2.05) is 0 Å². The summed E-state index contributed by atoms with van der Waals surface area (Å²) in [7, 11) is 2.07. The van der Waals surface area contributed by atoms with Crippen LogP contribution in [0.5, 0.6) is 0 Å². The first-order valence-electron chi connectivity index (χ1n) is 14.5. The van der Waals surface area contributed by atoms with Gasteiger partial charge in [-0.15, -0.1) is 0 Å². The molecule has 1 fully saturated rings. The number of aryl methyl sites for hydroxylation is 2. The summed E-state index contributed by atoms with van der Waals surface area (Å²) in [5.74, 6) is 0.775. The van der Waals surface area contributed by atoms with Crippen molar-refractivity contribution in [2.75, 3.05) is 19.8 Å². The zero-order chi connectivity index (χ0) is 23.4. The van der Waals surface area contributed by atoms with Gasteiger partial charge in [0, 0.05) is 13.2 Å². The lowest BCUT2D eigenvalue weighted by Gasteiger charge is -2.10. The van der Waals surface area contributed by atoms with Crippen LogP contribution in [0, 0.1) is 5.92 Å². The molecule has 0 aliphatic carbocycles. The van der Waals surface area contributed by atoms with Gasteiger partial charge in [-0.05, 0) is 38.0 Å². The van der Waals surface area contributed by atoms with Crippen LogP contribution in [0.25, 0.3) is 0 Å². The number of hydrogen-bond acceptors (Lipinski definition) is 2. The summed E-state index contributed by atoms with van der Waals surface area (Å²) >= 11 is 0. The summed E-state index contributed by atoms with van der Waals surface area (Å²) in [6, 6.07) is 0. The maximum absolute atomic E-state index is 5.99. The van der Waals surface area contributed by atoms with E-state index < -0.39 is 0 Å². The molecule has 0 radical (unpaired) electrons. The van der Waals surface area contributed by atoms with E-state index in [4.69, 9.17) is 9.47 Å². The van der Waals surface area contributed by atoms with Crippen LogP contribution in [-0.4, -0.2) is 30.5 Å². The normalized spacial score (nSPS) is 18.4. The van der Waals surface area contributed by atoms with Gasteiger partial charge in [-0.25, -0.2) is 9.13 Å². The first kappa shape index (κ1) is 28.4. The van der Waals surface area contributed by atoms with E-state index in [0.29, 0.717) is 6.10 Å². The third-order valence-electron chi connectivity index (χ3n) is 7.21. The average Bonchev–Trinajstić information content (AvgIpc) is 3.45. The molecule has 0 bridgehead atoms. The van der Waals surface area contributed by atoms with Crippen molar-refractivity contribution in [2.24, 2.45) is 13.0 Å². The van der Waals surface area contributed by atoms with Crippen molar-refractivity contribution < 1.29 is 14.0 Å². The van der Waals surface area contributed by atoms with Crippen LogP contribution in [0.2, 0.25) is 0 Å². The maximum atomic E-state index is 5.99. The van der Waals surface area contributed by atoms with Gasteiger partial charge in [0.1, 0.15) is 12.4 Å². The highest BCUT2D eigenvalue weighted by molar-refractivity contribution is 4.73. The van der Waals surface area contributed by atoms with Crippen LogP contribution >= 0.6 is 0 Å². The van der Waals surface area contributed by atoms with Crippen molar-refractivity contribution in [1.82, 2.24) is 4.57 Å². The average molecular weight is 464 g/mol. The number of aromatic nitrogens is 2. The summed E-state index contributed by atoms with van der Waals surface area (Å²) in [5, 5.41) is 0. The molecule has 33 heavy (non-hydrogen) atoms. The fourth-order valence-corrected chi connectivity index (χ4v) is 5.07. The van der Waals surface area contributed by atoms with Crippen molar-refractivity contribution in [3.8, 4) is 0 Å². The highest BCUT2D eigenvalue weighted by Gasteiger charge is 2.24. The van der Waals surface area contributed by atoms with E-state index in [2.05, 4.69) is 41.8 Å². The molecule has 192 valence electrons. The summed E-state index contributed by atoms with van der Waals surface area (Å²) in [6.07, 6.45) is 31.5. The Hall–Kier alpha value is -0.870. The Balaban J connectivity index is 1.29. The van der Waals surface area contributed by atoms with Crippen LogP contribution in [0.4, 0.5) is 0 Å². The molecule has 2 rings (SSSR count). The Labute approximate surface area is 205 Å². The first-order valence-corrected chi connectivity index (χ1v) is 14.5. The van der Waals surface area contributed by atoms with E-state index in [1.165, 1.54) is 116 Å². The molecule has 1 aromatic heterocycles. The number of rotatable bonds is 22. The molecule has 4 heteroatoms. The molecule has 1 aliphatic heterocycles. The second-order valence-corrected chi connectivity index (χ2v) is 10.5. The Morgan fingerprint density at radius 3 is 2.15 bits per heavy atom. The van der Waals surface area contributed by atoms with Gasteiger partial charge in [0.25, 0.3) is 0 Å². The second kappa shape index (κ2) is 19.4. The SMILES string of the molecule is CCCCCCCCCCCCCC[C@@H]1CO[C@@H](COCCCCCCn2cc[n+](C)c2)C1. The minimum atomic E-state index is 0.349. The van der Waals surface area contributed by atoms with Gasteiger partial charge in [0.2, 0.25) is 6.33 Å². The maximum Gasteiger partial charge on any atom is 0.243 e. The lowest BCUT2D eigenvalue weighted by molar-refractivity contribution is -0.671. The van der Waals surface area contributed by atoms with Gasteiger partial charge >= 0.3 is 0 Å². The predicted molar refractivity (Wildman–Crippen MR) is 138 cm³/mol. The molecule has 1 saturated heterocycles. The smallest absolute Gasteiger partial charge is 0.243 e. The van der Waals surface area contributed by atoms with Gasteiger partial charge in [-0.2, -0.15) is 0 Å². The Bertz CT molecular complexity index is 560. The number of imidazole rings is 1. The lowest BCUT2D eigenvalue weighted by Crippen LogP contribution is -2.23. The van der Waals surface area contributed by atoms with Gasteiger partial charge < -0.3 is 9.47 Å². The van der Waals surface area contributed by atoms with Crippen molar-refractivity contribution >= 4 is 0 Å². The number of unbranched alkanes of at least 4 members (excludes halogenated alkanes) is 14. The summed E-state index contributed by atoms with van der Waals surface area (Å²) in [4.78, 5) is 0. The number of hydrogen-bond donors (Lipinski definition) is 0. The first-order chi connectivity index (χ1) is 16.3. The van der Waals surface area contributed by atoms with Gasteiger partial charge in [0.15, 0.2) is 0 Å². The molecular formula is C29H55N2O2+. The van der Waals surface area contributed by atoms with E-state index in [9.17, 15) is 0 Å². The van der Waals surface area contributed by atoms with Gasteiger partial charge in [0.05, 0.1) is 26.3 Å². The van der Waals surface area contributed by atoms with Crippen LogP contribution in [0.15, 0.2) is 18.7 Å². The zero-order valence-electron chi connectivity index (χ0n) is 22.2. The van der Waals surface area contributed by atoms with Gasteiger partial charge in [-0.3, -0.25) is 0 Å². The Kier molecular flexibility index (Phi) is 16.7. The van der Waals surface area contributed by atoms with E-state index >= 15 is 0 Å². The van der Waals surface area contributed by atoms with E-state index in [-0.39, 0.29) is 0 Å². The minimum Gasteiger partial charge on any atom is -0.379 e. The predicted octanol–water partition coefficient (Wildman–Crippen LogP) is 7.39.